The van der Waals surface area contributed by atoms with Crippen LogP contribution < -0.4 is 10.1 Å². The minimum Gasteiger partial charge on any atom is -0.488 e. The van der Waals surface area contributed by atoms with Gasteiger partial charge in [0.1, 0.15) is 17.4 Å². The van der Waals surface area contributed by atoms with Gasteiger partial charge in [0.05, 0.1) is 5.56 Å². The molecule has 1 aromatic heterocycles. The van der Waals surface area contributed by atoms with E-state index >= 15 is 0 Å². The summed E-state index contributed by atoms with van der Waals surface area (Å²) in [6.07, 6.45) is 11.9. The second-order valence-corrected chi connectivity index (χ2v) is 12.7. The molecule has 38 heavy (non-hydrogen) atoms. The van der Waals surface area contributed by atoms with Crippen molar-refractivity contribution < 1.29 is 9.53 Å². The van der Waals surface area contributed by atoms with E-state index in [0.29, 0.717) is 17.5 Å². The van der Waals surface area contributed by atoms with Gasteiger partial charge in [-0.15, -0.1) is 11.3 Å². The highest BCUT2D eigenvalue weighted by molar-refractivity contribution is 9.10. The Morgan fingerprint density at radius 2 is 2.00 bits per heavy atom. The number of benzene rings is 2. The number of thiophene rings is 1. The maximum Gasteiger partial charge on any atom is 0.254 e. The van der Waals surface area contributed by atoms with Crippen molar-refractivity contribution in [3.8, 4) is 5.75 Å². The number of carbonyl (C=O) groups is 1. The largest absolute Gasteiger partial charge is 0.488 e. The van der Waals surface area contributed by atoms with Crippen LogP contribution in [0.25, 0.3) is 0 Å². The number of rotatable bonds is 8. The number of aliphatic imine (C=N–C) groups is 1. The standard InChI is InChI=1S/C31H34BrClN2O2S/c1-2-20-12-14-25-28(16-20)38-31(29(25)30(36)35-24-9-4-3-5-10-24)34-18-22-17-23(32)13-15-27(22)37-19-21-8-6-7-11-26(21)33/h6-8,11,13,15,17-18,20,24H,2-5,9-10,12,14,16,19H2,1H3,(H,35,36)/t20-/m1/s1. The molecule has 1 amide bonds. The fraction of sp³-hybridized carbons (Fsp3) is 0.419. The van der Waals surface area contributed by atoms with Gasteiger partial charge in [0.2, 0.25) is 0 Å². The first-order chi connectivity index (χ1) is 18.5. The summed E-state index contributed by atoms with van der Waals surface area (Å²) in [5, 5.41) is 4.83. The van der Waals surface area contributed by atoms with Crippen LogP contribution >= 0.6 is 38.9 Å². The topological polar surface area (TPSA) is 50.7 Å². The summed E-state index contributed by atoms with van der Waals surface area (Å²) in [6.45, 7) is 2.62. The average molecular weight is 614 g/mol. The van der Waals surface area contributed by atoms with Crippen molar-refractivity contribution in [2.75, 3.05) is 0 Å². The van der Waals surface area contributed by atoms with E-state index in [4.69, 9.17) is 21.3 Å². The van der Waals surface area contributed by atoms with Gasteiger partial charge in [-0.25, -0.2) is 4.99 Å². The number of nitrogens with one attached hydrogen (secondary N) is 1. The molecule has 1 heterocycles. The molecular formula is C31H34BrClN2O2S. The summed E-state index contributed by atoms with van der Waals surface area (Å²) in [5.41, 5.74) is 3.78. The molecule has 1 N–H and O–H groups in total. The summed E-state index contributed by atoms with van der Waals surface area (Å²) in [5.74, 6) is 1.44. The lowest BCUT2D eigenvalue weighted by atomic mass is 9.85. The lowest BCUT2D eigenvalue weighted by Gasteiger charge is -2.24. The van der Waals surface area contributed by atoms with Gasteiger partial charge in [-0.05, 0) is 67.9 Å². The third-order valence-corrected chi connectivity index (χ3v) is 9.75. The van der Waals surface area contributed by atoms with Gasteiger partial charge in [-0.2, -0.15) is 0 Å². The van der Waals surface area contributed by atoms with Crippen molar-refractivity contribution in [2.45, 2.75) is 77.4 Å². The van der Waals surface area contributed by atoms with Gasteiger partial charge in [0.15, 0.2) is 0 Å². The molecule has 0 spiro atoms. The number of halogens is 2. The number of hydrogen-bond donors (Lipinski definition) is 1. The number of ether oxygens (including phenoxy) is 1. The van der Waals surface area contributed by atoms with Gasteiger partial charge >= 0.3 is 0 Å². The van der Waals surface area contributed by atoms with Crippen molar-refractivity contribution in [1.82, 2.24) is 5.32 Å². The Labute approximate surface area is 243 Å². The van der Waals surface area contributed by atoms with E-state index in [1.807, 2.05) is 48.7 Å². The predicted molar refractivity (Wildman–Crippen MR) is 162 cm³/mol. The Balaban J connectivity index is 1.43. The van der Waals surface area contributed by atoms with Crippen LogP contribution in [-0.4, -0.2) is 18.2 Å². The Morgan fingerprint density at radius 1 is 1.18 bits per heavy atom. The van der Waals surface area contributed by atoms with Crippen LogP contribution in [0.1, 0.15) is 83.8 Å². The molecule has 1 saturated carbocycles. The van der Waals surface area contributed by atoms with E-state index in [1.165, 1.54) is 36.1 Å². The Bertz CT molecular complexity index is 1320. The van der Waals surface area contributed by atoms with Crippen LogP contribution in [0.5, 0.6) is 5.75 Å². The molecule has 3 aromatic rings. The quantitative estimate of drug-likeness (QED) is 0.258. The molecule has 0 radical (unpaired) electrons. The van der Waals surface area contributed by atoms with Crippen LogP contribution in [0.2, 0.25) is 5.02 Å². The number of hydrogen-bond acceptors (Lipinski definition) is 4. The van der Waals surface area contributed by atoms with Crippen molar-refractivity contribution in [2.24, 2.45) is 10.9 Å². The molecule has 2 aliphatic rings. The zero-order chi connectivity index (χ0) is 26.5. The Hall–Kier alpha value is -2.15. The molecule has 1 fully saturated rings. The molecule has 2 aromatic carbocycles. The molecule has 0 aliphatic heterocycles. The maximum atomic E-state index is 13.6. The highest BCUT2D eigenvalue weighted by Gasteiger charge is 2.29. The number of nitrogens with zero attached hydrogens (tertiary/aromatic N) is 1. The minimum atomic E-state index is 0.0425. The lowest BCUT2D eigenvalue weighted by Crippen LogP contribution is -2.36. The van der Waals surface area contributed by atoms with E-state index in [0.717, 1.165) is 64.0 Å². The maximum absolute atomic E-state index is 13.6. The van der Waals surface area contributed by atoms with E-state index in [-0.39, 0.29) is 11.9 Å². The van der Waals surface area contributed by atoms with Gasteiger partial charge in [0.25, 0.3) is 5.91 Å². The van der Waals surface area contributed by atoms with Crippen LogP contribution in [-0.2, 0) is 19.4 Å². The summed E-state index contributed by atoms with van der Waals surface area (Å²) in [7, 11) is 0. The van der Waals surface area contributed by atoms with Gasteiger partial charge in [-0.3, -0.25) is 4.79 Å². The third-order valence-electron chi connectivity index (χ3n) is 7.73. The molecule has 7 heteroatoms. The van der Waals surface area contributed by atoms with Crippen molar-refractivity contribution in [1.29, 1.82) is 0 Å². The van der Waals surface area contributed by atoms with Crippen molar-refractivity contribution in [3.05, 3.63) is 79.1 Å². The van der Waals surface area contributed by atoms with Gasteiger partial charge in [0, 0.05) is 37.8 Å². The second-order valence-electron chi connectivity index (χ2n) is 10.3. The lowest BCUT2D eigenvalue weighted by molar-refractivity contribution is 0.0927. The zero-order valence-electron chi connectivity index (χ0n) is 21.8. The summed E-state index contributed by atoms with van der Waals surface area (Å²) in [4.78, 5) is 19.9. The average Bonchev–Trinajstić information content (AvgIpc) is 3.30. The normalized spacial score (nSPS) is 17.9. The summed E-state index contributed by atoms with van der Waals surface area (Å²) < 4.78 is 7.10. The minimum absolute atomic E-state index is 0.0425. The fourth-order valence-corrected chi connectivity index (χ4v) is 7.34. The number of carbonyl (C=O) groups excluding carboxylic acids is 1. The van der Waals surface area contributed by atoms with E-state index in [1.54, 1.807) is 11.3 Å². The van der Waals surface area contributed by atoms with Crippen LogP contribution in [0.15, 0.2) is 51.9 Å². The molecule has 200 valence electrons. The molecule has 0 saturated heterocycles. The molecule has 0 bridgehead atoms. The molecule has 1 atom stereocenters. The molecule has 4 nitrogen and oxygen atoms in total. The number of amides is 1. The molecule has 2 aliphatic carbocycles. The van der Waals surface area contributed by atoms with E-state index in [9.17, 15) is 4.79 Å². The monoisotopic (exact) mass is 612 g/mol. The second kappa shape index (κ2) is 12.8. The molecule has 0 unspecified atom stereocenters. The fourth-order valence-electron chi connectivity index (χ4n) is 5.47. The highest BCUT2D eigenvalue weighted by atomic mass is 79.9. The molecule has 5 rings (SSSR count). The zero-order valence-corrected chi connectivity index (χ0v) is 24.9. The first-order valence-electron chi connectivity index (χ1n) is 13.7. The molecular weight excluding hydrogens is 580 g/mol. The van der Waals surface area contributed by atoms with Gasteiger partial charge in [-0.1, -0.05) is 78.3 Å². The van der Waals surface area contributed by atoms with E-state index < -0.39 is 0 Å². The SMILES string of the molecule is CC[C@@H]1CCc2c(sc(N=Cc3cc(Br)ccc3OCc3ccccc3Cl)c2C(=O)NC2CCCCC2)C1. The van der Waals surface area contributed by atoms with Crippen molar-refractivity contribution >= 4 is 56.0 Å². The van der Waals surface area contributed by atoms with Crippen LogP contribution in [0.4, 0.5) is 5.00 Å². The number of fused-ring (bicyclic) bond motifs is 1. The highest BCUT2D eigenvalue weighted by Crippen LogP contribution is 2.42. The first kappa shape index (κ1) is 27.4. The van der Waals surface area contributed by atoms with Crippen LogP contribution in [0, 0.1) is 5.92 Å². The summed E-state index contributed by atoms with van der Waals surface area (Å²) >= 11 is 11.6. The summed E-state index contributed by atoms with van der Waals surface area (Å²) in [6, 6.07) is 13.9. The Kier molecular flexibility index (Phi) is 9.24. The smallest absolute Gasteiger partial charge is 0.254 e. The van der Waals surface area contributed by atoms with Crippen molar-refractivity contribution in [3.63, 3.8) is 0 Å². The first-order valence-corrected chi connectivity index (χ1v) is 15.7. The Morgan fingerprint density at radius 3 is 2.79 bits per heavy atom. The van der Waals surface area contributed by atoms with E-state index in [2.05, 4.69) is 28.2 Å². The predicted octanol–water partition coefficient (Wildman–Crippen LogP) is 9.07. The van der Waals surface area contributed by atoms with Gasteiger partial charge < -0.3 is 10.1 Å². The van der Waals surface area contributed by atoms with Crippen LogP contribution in [0.3, 0.4) is 0 Å². The third kappa shape index (κ3) is 6.52.